The van der Waals surface area contributed by atoms with E-state index in [4.69, 9.17) is 5.11 Å². The van der Waals surface area contributed by atoms with Crippen LogP contribution in [0.25, 0.3) is 0 Å². The third-order valence-electron chi connectivity index (χ3n) is 4.01. The van der Waals surface area contributed by atoms with Crippen LogP contribution in [0.15, 0.2) is 24.3 Å². The molecule has 0 spiro atoms. The molecule has 1 aromatic carbocycles. The van der Waals surface area contributed by atoms with Gasteiger partial charge in [0.05, 0.1) is 6.42 Å². The molecule has 2 rings (SSSR count). The van der Waals surface area contributed by atoms with Gasteiger partial charge in [0, 0.05) is 33.9 Å². The van der Waals surface area contributed by atoms with Crippen LogP contribution < -0.4 is 5.32 Å². The van der Waals surface area contributed by atoms with Crippen LogP contribution in [0.5, 0.6) is 0 Å². The maximum Gasteiger partial charge on any atom is 0.303 e. The molecule has 0 aliphatic heterocycles. The van der Waals surface area contributed by atoms with Crippen molar-refractivity contribution >= 4 is 28.4 Å². The van der Waals surface area contributed by atoms with Gasteiger partial charge in [-0.1, -0.05) is 31.4 Å². The number of carbonyl (C=O) groups excluding carboxylic acids is 1. The fourth-order valence-corrected chi connectivity index (χ4v) is 4.40. The first-order valence-corrected chi connectivity index (χ1v) is 9.40. The van der Waals surface area contributed by atoms with E-state index in [1.807, 2.05) is 18.2 Å². The zero-order valence-electron chi connectivity index (χ0n) is 13.1. The molecule has 0 heterocycles. The molecule has 0 bridgehead atoms. The van der Waals surface area contributed by atoms with E-state index in [-0.39, 0.29) is 24.0 Å². The van der Waals surface area contributed by atoms with E-state index in [2.05, 4.69) is 5.32 Å². The smallest absolute Gasteiger partial charge is 0.303 e. The number of hydrogen-bond donors (Lipinski definition) is 2. The third kappa shape index (κ3) is 6.14. The Bertz CT molecular complexity index is 582. The maximum absolute atomic E-state index is 12.4. The van der Waals surface area contributed by atoms with E-state index in [0.29, 0.717) is 11.4 Å². The number of nitrogens with one attached hydrogen (secondary N) is 1. The van der Waals surface area contributed by atoms with Crippen LogP contribution >= 0.6 is 0 Å². The molecule has 0 aromatic heterocycles. The summed E-state index contributed by atoms with van der Waals surface area (Å²) in [5.74, 6) is -0.807. The van der Waals surface area contributed by atoms with Crippen LogP contribution in [0, 0.1) is 0 Å². The highest BCUT2D eigenvalue weighted by Crippen LogP contribution is 2.24. The lowest BCUT2D eigenvalue weighted by molar-refractivity contribution is -0.138. The Morgan fingerprint density at radius 3 is 2.61 bits per heavy atom. The molecule has 126 valence electrons. The zero-order chi connectivity index (χ0) is 16.7. The second kappa shape index (κ2) is 8.82. The highest BCUT2D eigenvalue weighted by Gasteiger charge is 2.19. The standard InChI is InChI=1S/C17H23NO4S/c19-16(9-10-17(20)21)18-14-6-4-5-13(11-14)12-23(22)15-7-2-1-3-8-15/h4-6,11,15H,1-3,7-10,12H2,(H,18,19)(H,20,21). The van der Waals surface area contributed by atoms with Crippen LogP contribution in [0.4, 0.5) is 5.69 Å². The van der Waals surface area contributed by atoms with Crippen molar-refractivity contribution in [3.63, 3.8) is 0 Å². The SMILES string of the molecule is O=C(O)CCC(=O)Nc1cccc(CS(=O)C2CCCCC2)c1. The van der Waals surface area contributed by atoms with Gasteiger partial charge in [-0.25, -0.2) is 0 Å². The summed E-state index contributed by atoms with van der Waals surface area (Å²) >= 11 is 0. The molecule has 1 aliphatic carbocycles. The highest BCUT2D eigenvalue weighted by atomic mass is 32.2. The van der Waals surface area contributed by atoms with Crippen molar-refractivity contribution in [2.24, 2.45) is 0 Å². The van der Waals surface area contributed by atoms with Crippen LogP contribution in [-0.4, -0.2) is 26.4 Å². The summed E-state index contributed by atoms with van der Waals surface area (Å²) in [6.07, 6.45) is 5.42. The Balaban J connectivity index is 1.89. The quantitative estimate of drug-likeness (QED) is 0.801. The van der Waals surface area contributed by atoms with Crippen LogP contribution in [0.2, 0.25) is 0 Å². The van der Waals surface area contributed by atoms with Gasteiger partial charge in [0.2, 0.25) is 5.91 Å². The van der Waals surface area contributed by atoms with Crippen molar-refractivity contribution in [3.8, 4) is 0 Å². The summed E-state index contributed by atoms with van der Waals surface area (Å²) in [6, 6.07) is 7.30. The van der Waals surface area contributed by atoms with E-state index in [1.165, 1.54) is 6.42 Å². The van der Waals surface area contributed by atoms with Crippen molar-refractivity contribution in [3.05, 3.63) is 29.8 Å². The number of amides is 1. The van der Waals surface area contributed by atoms with Crippen LogP contribution in [0.1, 0.15) is 50.5 Å². The lowest BCUT2D eigenvalue weighted by Crippen LogP contribution is -2.20. The number of benzene rings is 1. The number of rotatable bonds is 7. The first kappa shape index (κ1) is 17.7. The van der Waals surface area contributed by atoms with Gasteiger partial charge in [-0.05, 0) is 30.5 Å². The molecular formula is C17H23NO4S. The van der Waals surface area contributed by atoms with Gasteiger partial charge < -0.3 is 10.4 Å². The Hall–Kier alpha value is -1.69. The maximum atomic E-state index is 12.4. The zero-order valence-corrected chi connectivity index (χ0v) is 13.9. The highest BCUT2D eigenvalue weighted by molar-refractivity contribution is 7.84. The molecule has 6 heteroatoms. The molecular weight excluding hydrogens is 314 g/mol. The van der Waals surface area contributed by atoms with Gasteiger partial charge in [-0.2, -0.15) is 0 Å². The number of carboxylic acids is 1. The summed E-state index contributed by atoms with van der Waals surface area (Å²) in [7, 11) is -0.878. The molecule has 1 amide bonds. The molecule has 1 aliphatic rings. The fraction of sp³-hybridized carbons (Fsp3) is 0.529. The molecule has 1 unspecified atom stereocenters. The van der Waals surface area contributed by atoms with Crippen molar-refractivity contribution in [1.29, 1.82) is 0 Å². The number of aliphatic carboxylic acids is 1. The molecule has 1 saturated carbocycles. The van der Waals surface area contributed by atoms with E-state index >= 15 is 0 Å². The first-order valence-electron chi connectivity index (χ1n) is 8.02. The molecule has 2 N–H and O–H groups in total. The lowest BCUT2D eigenvalue weighted by atomic mass is 10.0. The van der Waals surface area contributed by atoms with E-state index in [0.717, 1.165) is 31.2 Å². The van der Waals surface area contributed by atoms with Crippen molar-refractivity contribution < 1.29 is 18.9 Å². The Morgan fingerprint density at radius 1 is 1.17 bits per heavy atom. The predicted octanol–water partition coefficient (Wildman–Crippen LogP) is 3.07. The Kier molecular flexibility index (Phi) is 6.77. The summed E-state index contributed by atoms with van der Waals surface area (Å²) in [5, 5.41) is 11.6. The second-order valence-corrected chi connectivity index (χ2v) is 7.64. The van der Waals surface area contributed by atoms with Crippen molar-refractivity contribution in [2.75, 3.05) is 5.32 Å². The monoisotopic (exact) mass is 337 g/mol. The average Bonchev–Trinajstić information content (AvgIpc) is 2.54. The van der Waals surface area contributed by atoms with Crippen LogP contribution in [0.3, 0.4) is 0 Å². The topological polar surface area (TPSA) is 83.5 Å². The number of carbonyl (C=O) groups is 2. The molecule has 1 atom stereocenters. The normalized spacial score (nSPS) is 16.7. The fourth-order valence-electron chi connectivity index (χ4n) is 2.79. The average molecular weight is 337 g/mol. The lowest BCUT2D eigenvalue weighted by Gasteiger charge is -2.21. The van der Waals surface area contributed by atoms with E-state index < -0.39 is 16.8 Å². The number of anilines is 1. The summed E-state index contributed by atoms with van der Waals surface area (Å²) < 4.78 is 12.4. The first-order chi connectivity index (χ1) is 11.0. The summed E-state index contributed by atoms with van der Waals surface area (Å²) in [6.45, 7) is 0. The van der Waals surface area contributed by atoms with Gasteiger partial charge in [-0.15, -0.1) is 0 Å². The van der Waals surface area contributed by atoms with Gasteiger partial charge >= 0.3 is 5.97 Å². The van der Waals surface area contributed by atoms with Crippen molar-refractivity contribution in [1.82, 2.24) is 0 Å². The van der Waals surface area contributed by atoms with Crippen molar-refractivity contribution in [2.45, 2.75) is 55.9 Å². The predicted molar refractivity (Wildman–Crippen MR) is 90.7 cm³/mol. The van der Waals surface area contributed by atoms with Gasteiger partial charge in [0.15, 0.2) is 0 Å². The summed E-state index contributed by atoms with van der Waals surface area (Å²) in [5.41, 5.74) is 1.56. The molecule has 23 heavy (non-hydrogen) atoms. The molecule has 0 radical (unpaired) electrons. The second-order valence-electron chi connectivity index (χ2n) is 5.93. The number of carboxylic acid groups (broad SMARTS) is 1. The van der Waals surface area contributed by atoms with Crippen LogP contribution in [-0.2, 0) is 26.1 Å². The van der Waals surface area contributed by atoms with Gasteiger partial charge in [0.1, 0.15) is 0 Å². The largest absolute Gasteiger partial charge is 0.481 e. The Labute approximate surface area is 138 Å². The molecule has 5 nitrogen and oxygen atoms in total. The minimum Gasteiger partial charge on any atom is -0.481 e. The van der Waals surface area contributed by atoms with Gasteiger partial charge in [-0.3, -0.25) is 13.8 Å². The van der Waals surface area contributed by atoms with Gasteiger partial charge in [0.25, 0.3) is 0 Å². The summed E-state index contributed by atoms with van der Waals surface area (Å²) in [4.78, 5) is 22.1. The van der Waals surface area contributed by atoms with E-state index in [1.54, 1.807) is 6.07 Å². The minimum absolute atomic E-state index is 0.0481. The number of hydrogen-bond acceptors (Lipinski definition) is 3. The molecule has 1 fully saturated rings. The molecule has 1 aromatic rings. The third-order valence-corrected chi connectivity index (χ3v) is 5.84. The van der Waals surface area contributed by atoms with E-state index in [9.17, 15) is 13.8 Å². The Morgan fingerprint density at radius 2 is 1.91 bits per heavy atom. The molecule has 0 saturated heterocycles. The minimum atomic E-state index is -0.989.